The second-order valence-electron chi connectivity index (χ2n) is 4.44. The maximum atomic E-state index is 12.1. The van der Waals surface area contributed by atoms with Gasteiger partial charge in [-0.1, -0.05) is 0 Å². The molecule has 0 amide bonds. The fourth-order valence-electron chi connectivity index (χ4n) is 2.06. The van der Waals surface area contributed by atoms with Crippen molar-refractivity contribution in [3.8, 4) is 11.5 Å². The lowest BCUT2D eigenvalue weighted by Crippen LogP contribution is -2.09. The van der Waals surface area contributed by atoms with E-state index in [0.717, 1.165) is 6.42 Å². The van der Waals surface area contributed by atoms with Crippen LogP contribution in [-0.4, -0.2) is 38.0 Å². The Bertz CT molecular complexity index is 524. The molecular weight excluding hydrogens is 246 g/mol. The van der Waals surface area contributed by atoms with E-state index in [4.69, 9.17) is 14.2 Å². The maximum absolute atomic E-state index is 12.1. The molecule has 0 saturated heterocycles. The number of ketones is 1. The number of rotatable bonds is 3. The summed E-state index contributed by atoms with van der Waals surface area (Å²) in [5, 5.41) is 0. The Morgan fingerprint density at radius 3 is 2.74 bits per heavy atom. The van der Waals surface area contributed by atoms with Crippen molar-refractivity contribution in [2.45, 2.75) is 12.8 Å². The number of carbonyl (C=O) groups excluding carboxylic acids is 1. The minimum absolute atomic E-state index is 0.0173. The Hall–Kier alpha value is -2.04. The van der Waals surface area contributed by atoms with Crippen molar-refractivity contribution in [2.75, 3.05) is 26.4 Å². The van der Waals surface area contributed by atoms with E-state index in [1.54, 1.807) is 18.2 Å². The lowest BCUT2D eigenvalue weighted by atomic mass is 10.1. The molecule has 3 rings (SSSR count). The van der Waals surface area contributed by atoms with Gasteiger partial charge in [-0.25, -0.2) is 0 Å². The fourth-order valence-corrected chi connectivity index (χ4v) is 2.06. The van der Waals surface area contributed by atoms with Gasteiger partial charge in [0.05, 0.1) is 26.2 Å². The molecule has 0 aliphatic carbocycles. The van der Waals surface area contributed by atoms with E-state index in [2.05, 4.69) is 4.99 Å². The monoisotopic (exact) mass is 261 g/mol. The molecule has 0 spiro atoms. The lowest BCUT2D eigenvalue weighted by Gasteiger charge is -2.08. The number of ether oxygens (including phenoxy) is 3. The van der Waals surface area contributed by atoms with Crippen LogP contribution in [0.3, 0.4) is 0 Å². The molecule has 5 nitrogen and oxygen atoms in total. The highest BCUT2D eigenvalue weighted by atomic mass is 16.5. The van der Waals surface area contributed by atoms with Gasteiger partial charge in [-0.05, 0) is 18.2 Å². The Morgan fingerprint density at radius 1 is 1.11 bits per heavy atom. The van der Waals surface area contributed by atoms with E-state index >= 15 is 0 Å². The van der Waals surface area contributed by atoms with E-state index in [1.807, 2.05) is 0 Å². The smallest absolute Gasteiger partial charge is 0.191 e. The Labute approximate surface area is 111 Å². The molecule has 5 heteroatoms. The second-order valence-corrected chi connectivity index (χ2v) is 4.44. The normalized spacial score (nSPS) is 17.4. The van der Waals surface area contributed by atoms with Crippen LogP contribution in [0.4, 0.5) is 0 Å². The van der Waals surface area contributed by atoms with Crippen LogP contribution >= 0.6 is 0 Å². The highest BCUT2D eigenvalue weighted by molar-refractivity contribution is 6.07. The summed E-state index contributed by atoms with van der Waals surface area (Å²) < 4.78 is 16.4. The van der Waals surface area contributed by atoms with Gasteiger partial charge in [-0.3, -0.25) is 9.79 Å². The molecule has 0 fully saturated rings. The van der Waals surface area contributed by atoms with Crippen LogP contribution in [0.1, 0.15) is 23.2 Å². The number of benzene rings is 1. The van der Waals surface area contributed by atoms with E-state index in [-0.39, 0.29) is 12.2 Å². The Morgan fingerprint density at radius 2 is 1.95 bits per heavy atom. The summed E-state index contributed by atoms with van der Waals surface area (Å²) in [6.45, 7) is 2.47. The van der Waals surface area contributed by atoms with Gasteiger partial charge in [0, 0.05) is 12.0 Å². The van der Waals surface area contributed by atoms with Crippen LogP contribution in [-0.2, 0) is 4.74 Å². The van der Waals surface area contributed by atoms with Crippen molar-refractivity contribution in [3.05, 3.63) is 23.8 Å². The van der Waals surface area contributed by atoms with Gasteiger partial charge in [-0.15, -0.1) is 0 Å². The van der Waals surface area contributed by atoms with Gasteiger partial charge in [0.25, 0.3) is 0 Å². The topological polar surface area (TPSA) is 57.1 Å². The maximum Gasteiger partial charge on any atom is 0.191 e. The van der Waals surface area contributed by atoms with Crippen molar-refractivity contribution in [1.29, 1.82) is 0 Å². The van der Waals surface area contributed by atoms with Gasteiger partial charge in [-0.2, -0.15) is 0 Å². The minimum Gasteiger partial charge on any atom is -0.490 e. The number of Topliss-reactive ketones (excluding diaryl/α,β-unsaturated/α-hetero) is 1. The molecule has 0 unspecified atom stereocenters. The van der Waals surface area contributed by atoms with Crippen LogP contribution in [0.25, 0.3) is 0 Å². The summed E-state index contributed by atoms with van der Waals surface area (Å²) >= 11 is 0. The quantitative estimate of drug-likeness (QED) is 0.779. The number of hydrogen-bond donors (Lipinski definition) is 0. The molecule has 2 heterocycles. The number of fused-ring (bicyclic) bond motifs is 1. The molecule has 1 aromatic carbocycles. The van der Waals surface area contributed by atoms with Crippen molar-refractivity contribution >= 4 is 11.7 Å². The Balaban J connectivity index is 1.77. The number of carbonyl (C=O) groups is 1. The molecule has 0 N–H and O–H groups in total. The van der Waals surface area contributed by atoms with Crippen LogP contribution in [0.15, 0.2) is 23.2 Å². The molecule has 1 aromatic rings. The molecular formula is C14H15NO4. The van der Waals surface area contributed by atoms with E-state index in [0.29, 0.717) is 49.3 Å². The molecule has 0 radical (unpaired) electrons. The third-order valence-electron chi connectivity index (χ3n) is 3.03. The first-order valence-electron chi connectivity index (χ1n) is 6.42. The van der Waals surface area contributed by atoms with E-state index in [9.17, 15) is 4.79 Å². The summed E-state index contributed by atoms with van der Waals surface area (Å²) in [5.74, 6) is 1.84. The zero-order valence-electron chi connectivity index (χ0n) is 10.6. The summed E-state index contributed by atoms with van der Waals surface area (Å²) in [5.41, 5.74) is 0.599. The minimum atomic E-state index is -0.0173. The van der Waals surface area contributed by atoms with E-state index < -0.39 is 0 Å². The van der Waals surface area contributed by atoms with Crippen LogP contribution in [0.2, 0.25) is 0 Å². The zero-order chi connectivity index (χ0) is 13.1. The number of hydrogen-bond acceptors (Lipinski definition) is 5. The predicted octanol–water partition coefficient (Wildman–Crippen LogP) is 1.85. The van der Waals surface area contributed by atoms with Gasteiger partial charge in [0.15, 0.2) is 23.2 Å². The third kappa shape index (κ3) is 2.70. The highest BCUT2D eigenvalue weighted by Crippen LogP contribution is 2.30. The number of nitrogens with zero attached hydrogens (tertiary/aromatic N) is 1. The molecule has 0 atom stereocenters. The van der Waals surface area contributed by atoms with Gasteiger partial charge in [0.2, 0.25) is 0 Å². The van der Waals surface area contributed by atoms with Gasteiger partial charge >= 0.3 is 0 Å². The molecule has 0 bridgehead atoms. The Kier molecular flexibility index (Phi) is 3.35. The first kappa shape index (κ1) is 12.0. The van der Waals surface area contributed by atoms with Crippen LogP contribution < -0.4 is 9.47 Å². The van der Waals surface area contributed by atoms with Crippen molar-refractivity contribution in [2.24, 2.45) is 4.99 Å². The van der Waals surface area contributed by atoms with Crippen molar-refractivity contribution in [1.82, 2.24) is 0 Å². The summed E-state index contributed by atoms with van der Waals surface area (Å²) in [6.07, 6.45) is 1.06. The van der Waals surface area contributed by atoms with E-state index in [1.165, 1.54) is 0 Å². The fraction of sp³-hybridized carbons (Fsp3) is 0.429. The molecule has 19 heavy (non-hydrogen) atoms. The van der Waals surface area contributed by atoms with Crippen molar-refractivity contribution in [3.63, 3.8) is 0 Å². The molecule has 0 saturated carbocycles. The zero-order valence-corrected chi connectivity index (χ0v) is 10.6. The van der Waals surface area contributed by atoms with Gasteiger partial charge < -0.3 is 14.2 Å². The first-order chi connectivity index (χ1) is 9.33. The van der Waals surface area contributed by atoms with Crippen LogP contribution in [0, 0.1) is 0 Å². The predicted molar refractivity (Wildman–Crippen MR) is 69.3 cm³/mol. The average molecular weight is 261 g/mol. The average Bonchev–Trinajstić information content (AvgIpc) is 2.81. The van der Waals surface area contributed by atoms with Crippen LogP contribution in [0.5, 0.6) is 11.5 Å². The second kappa shape index (κ2) is 5.30. The van der Waals surface area contributed by atoms with Gasteiger partial charge in [0.1, 0.15) is 6.61 Å². The molecule has 0 aromatic heterocycles. The SMILES string of the molecule is O=C(CC1=NCCO1)c1ccc2c(c1)OCCCO2. The standard InChI is InChI=1S/C14H15NO4/c16-11(9-14-15-4-7-19-14)10-2-3-12-13(8-10)18-6-1-5-17-12/h2-3,8H,1,4-7,9H2. The number of aliphatic imine (C=N–C) groups is 1. The molecule has 2 aliphatic heterocycles. The molecule has 100 valence electrons. The summed E-state index contributed by atoms with van der Waals surface area (Å²) in [6, 6.07) is 5.27. The third-order valence-corrected chi connectivity index (χ3v) is 3.03. The lowest BCUT2D eigenvalue weighted by molar-refractivity contribution is 0.0994. The summed E-state index contributed by atoms with van der Waals surface area (Å²) in [4.78, 5) is 16.2. The highest BCUT2D eigenvalue weighted by Gasteiger charge is 2.17. The largest absolute Gasteiger partial charge is 0.490 e. The first-order valence-corrected chi connectivity index (χ1v) is 6.42. The summed E-state index contributed by atoms with van der Waals surface area (Å²) in [7, 11) is 0. The molecule has 2 aliphatic rings. The van der Waals surface area contributed by atoms with Crippen molar-refractivity contribution < 1.29 is 19.0 Å².